The van der Waals surface area contributed by atoms with Crippen LogP contribution < -0.4 is 11.1 Å². The number of amides is 1. The third-order valence-electron chi connectivity index (χ3n) is 7.38. The highest BCUT2D eigenvalue weighted by Crippen LogP contribution is 2.44. The van der Waals surface area contributed by atoms with Crippen molar-refractivity contribution in [1.29, 1.82) is 0 Å². The van der Waals surface area contributed by atoms with Crippen molar-refractivity contribution in [2.45, 2.75) is 25.3 Å². The van der Waals surface area contributed by atoms with Crippen molar-refractivity contribution in [3.8, 4) is 22.9 Å². The fraction of sp³-hybridized carbons (Fsp3) is 0.133. The van der Waals surface area contributed by atoms with Crippen LogP contribution in [0.2, 0.25) is 0 Å². The largest absolute Gasteiger partial charge is 0.383 e. The zero-order valence-corrected chi connectivity index (χ0v) is 22.2. The van der Waals surface area contributed by atoms with Crippen molar-refractivity contribution >= 4 is 22.9 Å². The van der Waals surface area contributed by atoms with E-state index in [9.17, 15) is 4.79 Å². The molecule has 1 amide bonds. The number of halogens is 2. The van der Waals surface area contributed by atoms with Crippen LogP contribution in [0.25, 0.3) is 34.1 Å². The number of hydrogen-bond donors (Lipinski definition) is 2. The van der Waals surface area contributed by atoms with E-state index < -0.39 is 24.3 Å². The number of imidazole rings is 1. The standard InChI is InChI=1S/C30H23F2N9O/c1-17-20(5-2-11-34-17)29(42)39-25-21-8-7-19(15-18(21)16-30(25,31)32)41-27(22-6-3-12-35-26(22)33)37-23-9-10-24(38-28(23)41)40-14-4-13-36-40/h2-15,25H,16H2,1H3,(H2,33,35)(H,39,42)/t25-/m1/s1. The molecule has 0 spiro atoms. The molecule has 1 atom stereocenters. The summed E-state index contributed by atoms with van der Waals surface area (Å²) in [5.41, 5.74) is 9.89. The molecule has 0 fully saturated rings. The van der Waals surface area contributed by atoms with Gasteiger partial charge in [0.15, 0.2) is 17.3 Å². The van der Waals surface area contributed by atoms with E-state index >= 15 is 8.78 Å². The normalized spacial score (nSPS) is 15.5. The summed E-state index contributed by atoms with van der Waals surface area (Å²) in [5.74, 6) is -2.52. The highest BCUT2D eigenvalue weighted by atomic mass is 19.3. The van der Waals surface area contributed by atoms with Crippen LogP contribution in [0, 0.1) is 6.92 Å². The van der Waals surface area contributed by atoms with Gasteiger partial charge in [0.1, 0.15) is 17.4 Å². The minimum Gasteiger partial charge on any atom is -0.383 e. The summed E-state index contributed by atoms with van der Waals surface area (Å²) in [6.45, 7) is 1.66. The van der Waals surface area contributed by atoms with Crippen LogP contribution in [0.4, 0.5) is 14.6 Å². The Labute approximate surface area is 237 Å². The first kappa shape index (κ1) is 25.4. The zero-order valence-electron chi connectivity index (χ0n) is 22.2. The molecule has 1 aliphatic carbocycles. The number of carbonyl (C=O) groups is 1. The summed E-state index contributed by atoms with van der Waals surface area (Å²) in [4.78, 5) is 30.9. The average Bonchev–Trinajstić information content (AvgIpc) is 3.69. The third-order valence-corrected chi connectivity index (χ3v) is 7.38. The molecule has 5 aromatic heterocycles. The van der Waals surface area contributed by atoms with E-state index in [0.717, 1.165) is 0 Å². The number of rotatable bonds is 5. The first-order valence-corrected chi connectivity index (χ1v) is 13.1. The van der Waals surface area contributed by atoms with Gasteiger partial charge in [-0.05, 0) is 72.6 Å². The van der Waals surface area contributed by atoms with Gasteiger partial charge in [0, 0.05) is 42.6 Å². The second-order valence-corrected chi connectivity index (χ2v) is 10.0. The van der Waals surface area contributed by atoms with Crippen LogP contribution in [0.3, 0.4) is 0 Å². The molecule has 12 heteroatoms. The molecular weight excluding hydrogens is 540 g/mol. The summed E-state index contributed by atoms with van der Waals surface area (Å²) in [7, 11) is 0. The van der Waals surface area contributed by atoms with Gasteiger partial charge >= 0.3 is 0 Å². The average molecular weight is 564 g/mol. The number of hydrogen-bond acceptors (Lipinski definition) is 7. The van der Waals surface area contributed by atoms with Crippen molar-refractivity contribution in [3.05, 3.63) is 108 Å². The number of benzene rings is 1. The number of fused-ring (bicyclic) bond motifs is 2. The highest BCUT2D eigenvalue weighted by molar-refractivity contribution is 5.95. The molecule has 0 saturated heterocycles. The van der Waals surface area contributed by atoms with Gasteiger partial charge in [0.2, 0.25) is 0 Å². The maximum atomic E-state index is 15.4. The van der Waals surface area contributed by atoms with Crippen LogP contribution >= 0.6 is 0 Å². The van der Waals surface area contributed by atoms with Gasteiger partial charge in [-0.2, -0.15) is 5.10 Å². The molecule has 6 aromatic rings. The lowest BCUT2D eigenvalue weighted by Gasteiger charge is -2.21. The first-order valence-electron chi connectivity index (χ1n) is 13.1. The van der Waals surface area contributed by atoms with E-state index in [0.29, 0.717) is 50.9 Å². The Balaban J connectivity index is 1.35. The molecule has 42 heavy (non-hydrogen) atoms. The molecule has 0 radical (unpaired) electrons. The summed E-state index contributed by atoms with van der Waals surface area (Å²) in [5, 5.41) is 6.81. The molecule has 1 aliphatic rings. The number of aryl methyl sites for hydroxylation is 1. The van der Waals surface area contributed by atoms with Crippen molar-refractivity contribution in [1.82, 2.24) is 39.6 Å². The van der Waals surface area contributed by atoms with Crippen LogP contribution in [0.5, 0.6) is 0 Å². The third kappa shape index (κ3) is 4.15. The molecule has 10 nitrogen and oxygen atoms in total. The molecule has 208 valence electrons. The maximum Gasteiger partial charge on any atom is 0.276 e. The van der Waals surface area contributed by atoms with Gasteiger partial charge in [0.25, 0.3) is 11.8 Å². The van der Waals surface area contributed by atoms with Gasteiger partial charge in [-0.3, -0.25) is 14.3 Å². The lowest BCUT2D eigenvalue weighted by molar-refractivity contribution is -0.0240. The zero-order chi connectivity index (χ0) is 29.0. The molecule has 5 heterocycles. The second kappa shape index (κ2) is 9.54. The number of anilines is 1. The maximum absolute atomic E-state index is 15.4. The molecule has 3 N–H and O–H groups in total. The number of nitrogens with two attached hydrogens (primary N) is 1. The van der Waals surface area contributed by atoms with E-state index in [1.54, 1.807) is 95.6 Å². The Morgan fingerprint density at radius 2 is 1.86 bits per heavy atom. The summed E-state index contributed by atoms with van der Waals surface area (Å²) < 4.78 is 34.2. The Morgan fingerprint density at radius 1 is 1.02 bits per heavy atom. The molecule has 0 unspecified atom stereocenters. The molecular formula is C30H23F2N9O. The fourth-order valence-corrected chi connectivity index (χ4v) is 5.38. The quantitative estimate of drug-likeness (QED) is 0.313. The molecule has 0 saturated carbocycles. The summed E-state index contributed by atoms with van der Waals surface area (Å²) >= 11 is 0. The topological polar surface area (TPSA) is 129 Å². The van der Waals surface area contributed by atoms with E-state index in [1.165, 1.54) is 0 Å². The minimum absolute atomic E-state index is 0.251. The van der Waals surface area contributed by atoms with Gasteiger partial charge in [-0.15, -0.1) is 0 Å². The number of nitrogens with zero attached hydrogens (tertiary/aromatic N) is 7. The molecule has 0 aliphatic heterocycles. The summed E-state index contributed by atoms with van der Waals surface area (Å²) in [6, 6.07) is 15.6. The Hall–Kier alpha value is -5.52. The Bertz CT molecular complexity index is 1980. The number of alkyl halides is 2. The number of aromatic nitrogens is 7. The van der Waals surface area contributed by atoms with E-state index in [2.05, 4.69) is 20.4 Å². The van der Waals surface area contributed by atoms with Gasteiger partial charge < -0.3 is 11.1 Å². The smallest absolute Gasteiger partial charge is 0.276 e. The van der Waals surface area contributed by atoms with Crippen molar-refractivity contribution in [3.63, 3.8) is 0 Å². The number of nitrogen functional groups attached to an aromatic ring is 1. The van der Waals surface area contributed by atoms with Gasteiger partial charge in [-0.1, -0.05) is 6.07 Å². The second-order valence-electron chi connectivity index (χ2n) is 10.0. The van der Waals surface area contributed by atoms with E-state index in [-0.39, 0.29) is 11.4 Å². The fourth-order valence-electron chi connectivity index (χ4n) is 5.38. The number of carbonyl (C=O) groups excluding carboxylic acids is 1. The lowest BCUT2D eigenvalue weighted by atomic mass is 10.1. The SMILES string of the molecule is Cc1ncccc1C(=O)N[C@@H]1c2ccc(-n3c(-c4cccnc4N)nc4ccc(-n5cccn5)nc43)cc2CC1(F)F. The predicted molar refractivity (Wildman–Crippen MR) is 151 cm³/mol. The van der Waals surface area contributed by atoms with Crippen molar-refractivity contribution in [2.24, 2.45) is 0 Å². The molecule has 1 aromatic carbocycles. The van der Waals surface area contributed by atoms with Gasteiger partial charge in [0.05, 0.1) is 11.1 Å². The summed E-state index contributed by atoms with van der Waals surface area (Å²) in [6.07, 6.45) is 6.01. The van der Waals surface area contributed by atoms with E-state index in [4.69, 9.17) is 15.7 Å². The van der Waals surface area contributed by atoms with Gasteiger partial charge in [-0.25, -0.2) is 28.4 Å². The Morgan fingerprint density at radius 3 is 2.64 bits per heavy atom. The van der Waals surface area contributed by atoms with Crippen LogP contribution in [-0.2, 0) is 6.42 Å². The van der Waals surface area contributed by atoms with E-state index in [1.807, 2.05) is 6.07 Å². The Kier molecular flexibility index (Phi) is 5.78. The first-order chi connectivity index (χ1) is 20.3. The lowest BCUT2D eigenvalue weighted by Crippen LogP contribution is -2.38. The monoisotopic (exact) mass is 563 g/mol. The molecule has 0 bridgehead atoms. The molecule has 7 rings (SSSR count). The van der Waals surface area contributed by atoms with Crippen LogP contribution in [-0.4, -0.2) is 46.1 Å². The minimum atomic E-state index is -3.20. The highest BCUT2D eigenvalue weighted by Gasteiger charge is 2.48. The van der Waals surface area contributed by atoms with Crippen LogP contribution in [0.15, 0.2) is 85.5 Å². The van der Waals surface area contributed by atoms with Crippen molar-refractivity contribution < 1.29 is 13.6 Å². The van der Waals surface area contributed by atoms with Crippen LogP contribution in [0.1, 0.15) is 33.2 Å². The predicted octanol–water partition coefficient (Wildman–Crippen LogP) is 4.62. The van der Waals surface area contributed by atoms with Crippen molar-refractivity contribution in [2.75, 3.05) is 5.73 Å². The number of nitrogens with one attached hydrogen (secondary N) is 1. The number of pyridine rings is 3.